The van der Waals surface area contributed by atoms with Gasteiger partial charge in [0, 0.05) is 23.7 Å². The minimum absolute atomic E-state index is 0.118. The Labute approximate surface area is 166 Å². The zero-order valence-electron chi connectivity index (χ0n) is 16.5. The number of rotatable bonds is 5. The molecule has 5 nitrogen and oxygen atoms in total. The van der Waals surface area contributed by atoms with E-state index in [1.807, 2.05) is 60.7 Å². The van der Waals surface area contributed by atoms with Crippen LogP contribution in [0.3, 0.4) is 0 Å². The van der Waals surface area contributed by atoms with Gasteiger partial charge in [-0.25, -0.2) is 14.8 Å². The lowest BCUT2D eigenvalue weighted by molar-refractivity contribution is 0.238. The molecule has 1 heterocycles. The van der Waals surface area contributed by atoms with Crippen LogP contribution >= 0.6 is 0 Å². The summed E-state index contributed by atoms with van der Waals surface area (Å²) in [7, 11) is 0. The smallest absolute Gasteiger partial charge is 0.315 e. The van der Waals surface area contributed by atoms with Crippen molar-refractivity contribution < 1.29 is 4.79 Å². The minimum Gasteiger partial charge on any atom is -0.334 e. The third-order valence-electron chi connectivity index (χ3n) is 4.48. The molecule has 2 aromatic carbocycles. The van der Waals surface area contributed by atoms with E-state index in [0.29, 0.717) is 6.54 Å². The second-order valence-corrected chi connectivity index (χ2v) is 7.73. The normalized spacial score (nSPS) is 11.3. The molecule has 1 aromatic heterocycles. The molecule has 5 heteroatoms. The first kappa shape index (κ1) is 19.5. The van der Waals surface area contributed by atoms with Crippen molar-refractivity contribution in [3.05, 3.63) is 95.6 Å². The molecule has 3 rings (SSSR count). The Morgan fingerprint density at radius 2 is 1.54 bits per heavy atom. The number of hydrogen-bond donors (Lipinski definition) is 2. The summed E-state index contributed by atoms with van der Waals surface area (Å²) < 4.78 is 0. The number of amides is 2. The van der Waals surface area contributed by atoms with Crippen molar-refractivity contribution in [2.45, 2.75) is 38.8 Å². The number of carbonyl (C=O) groups excluding carboxylic acids is 1. The van der Waals surface area contributed by atoms with E-state index in [4.69, 9.17) is 0 Å². The Balaban J connectivity index is 1.74. The third-order valence-corrected chi connectivity index (χ3v) is 4.48. The van der Waals surface area contributed by atoms with E-state index >= 15 is 0 Å². The average molecular weight is 374 g/mol. The van der Waals surface area contributed by atoms with Gasteiger partial charge in [-0.3, -0.25) is 0 Å². The van der Waals surface area contributed by atoms with Gasteiger partial charge in [0.15, 0.2) is 0 Å². The Bertz CT molecular complexity index is 865. The van der Waals surface area contributed by atoms with Crippen molar-refractivity contribution in [1.82, 2.24) is 20.6 Å². The second kappa shape index (κ2) is 8.65. The van der Waals surface area contributed by atoms with E-state index in [-0.39, 0.29) is 17.5 Å². The predicted molar refractivity (Wildman–Crippen MR) is 111 cm³/mol. The van der Waals surface area contributed by atoms with Crippen molar-refractivity contribution in [3.63, 3.8) is 0 Å². The standard InChI is InChI=1S/C23H26N4O/c1-23(2,3)21-19(14-24-16-26-21)15-25-22(28)27-20(17-10-6-4-7-11-17)18-12-8-5-9-13-18/h4-14,16,20H,15H2,1-3H3,(H2,25,27,28). The van der Waals surface area contributed by atoms with Gasteiger partial charge in [0.2, 0.25) is 0 Å². The molecule has 0 radical (unpaired) electrons. The molecule has 0 saturated heterocycles. The second-order valence-electron chi connectivity index (χ2n) is 7.73. The average Bonchev–Trinajstić information content (AvgIpc) is 2.71. The van der Waals surface area contributed by atoms with Crippen LogP contribution in [0.4, 0.5) is 4.79 Å². The predicted octanol–water partition coefficient (Wildman–Crippen LogP) is 4.36. The number of aromatic nitrogens is 2. The maximum absolute atomic E-state index is 12.7. The van der Waals surface area contributed by atoms with E-state index in [1.165, 1.54) is 0 Å². The molecule has 2 N–H and O–H groups in total. The number of benzene rings is 2. The van der Waals surface area contributed by atoms with Gasteiger partial charge in [-0.05, 0) is 11.1 Å². The van der Waals surface area contributed by atoms with Gasteiger partial charge in [0.05, 0.1) is 11.7 Å². The summed E-state index contributed by atoms with van der Waals surface area (Å²) in [5.74, 6) is 0. The highest BCUT2D eigenvalue weighted by atomic mass is 16.2. The molecule has 0 aliphatic rings. The van der Waals surface area contributed by atoms with Gasteiger partial charge in [0.25, 0.3) is 0 Å². The van der Waals surface area contributed by atoms with Crippen LogP contribution < -0.4 is 10.6 Å². The maximum Gasteiger partial charge on any atom is 0.315 e. The first-order valence-corrected chi connectivity index (χ1v) is 9.39. The molecular formula is C23H26N4O. The van der Waals surface area contributed by atoms with Crippen molar-refractivity contribution >= 4 is 6.03 Å². The highest BCUT2D eigenvalue weighted by molar-refractivity contribution is 5.75. The molecule has 0 bridgehead atoms. The van der Waals surface area contributed by atoms with Crippen LogP contribution in [0.5, 0.6) is 0 Å². The summed E-state index contributed by atoms with van der Waals surface area (Å²) in [4.78, 5) is 21.2. The quantitative estimate of drug-likeness (QED) is 0.697. The summed E-state index contributed by atoms with van der Waals surface area (Å²) in [6, 6.07) is 19.4. The van der Waals surface area contributed by atoms with Gasteiger partial charge in [-0.1, -0.05) is 81.4 Å². The van der Waals surface area contributed by atoms with Gasteiger partial charge in [-0.15, -0.1) is 0 Å². The molecular weight excluding hydrogens is 348 g/mol. The first-order valence-electron chi connectivity index (χ1n) is 9.39. The lowest BCUT2D eigenvalue weighted by atomic mass is 9.89. The molecule has 0 aliphatic heterocycles. The summed E-state index contributed by atoms with van der Waals surface area (Å²) >= 11 is 0. The molecule has 0 saturated carbocycles. The van der Waals surface area contributed by atoms with E-state index in [9.17, 15) is 4.79 Å². The molecule has 0 unspecified atom stereocenters. The molecule has 0 atom stereocenters. The summed E-state index contributed by atoms with van der Waals surface area (Å²) in [5, 5.41) is 6.04. The van der Waals surface area contributed by atoms with E-state index in [0.717, 1.165) is 22.4 Å². The SMILES string of the molecule is CC(C)(C)c1ncncc1CNC(=O)NC(c1ccccc1)c1ccccc1. The number of carbonyl (C=O) groups is 1. The van der Waals surface area contributed by atoms with Crippen LogP contribution in [-0.4, -0.2) is 16.0 Å². The lowest BCUT2D eigenvalue weighted by Gasteiger charge is -2.22. The molecule has 0 spiro atoms. The van der Waals surface area contributed by atoms with Gasteiger partial charge in [-0.2, -0.15) is 0 Å². The Morgan fingerprint density at radius 1 is 0.964 bits per heavy atom. The Morgan fingerprint density at radius 3 is 2.07 bits per heavy atom. The zero-order chi connectivity index (χ0) is 20.0. The fourth-order valence-corrected chi connectivity index (χ4v) is 3.17. The fourth-order valence-electron chi connectivity index (χ4n) is 3.17. The molecule has 3 aromatic rings. The summed E-state index contributed by atoms with van der Waals surface area (Å²) in [5.41, 5.74) is 3.80. The van der Waals surface area contributed by atoms with Gasteiger partial charge >= 0.3 is 6.03 Å². The largest absolute Gasteiger partial charge is 0.334 e. The monoisotopic (exact) mass is 374 g/mol. The van der Waals surface area contributed by atoms with Crippen molar-refractivity contribution in [3.8, 4) is 0 Å². The zero-order valence-corrected chi connectivity index (χ0v) is 16.5. The van der Waals surface area contributed by atoms with E-state index in [1.54, 1.807) is 12.5 Å². The van der Waals surface area contributed by atoms with E-state index in [2.05, 4.69) is 41.4 Å². The van der Waals surface area contributed by atoms with Crippen molar-refractivity contribution in [2.24, 2.45) is 0 Å². The fraction of sp³-hybridized carbons (Fsp3) is 0.261. The molecule has 144 valence electrons. The summed E-state index contributed by atoms with van der Waals surface area (Å²) in [6.07, 6.45) is 3.31. The number of hydrogen-bond acceptors (Lipinski definition) is 3. The van der Waals surface area contributed by atoms with Crippen molar-refractivity contribution in [2.75, 3.05) is 0 Å². The Kier molecular flexibility index (Phi) is 6.04. The van der Waals surface area contributed by atoms with Crippen LogP contribution in [0, 0.1) is 0 Å². The van der Waals surface area contributed by atoms with Crippen LogP contribution in [0.15, 0.2) is 73.2 Å². The minimum atomic E-state index is -0.235. The van der Waals surface area contributed by atoms with Crippen LogP contribution in [0.2, 0.25) is 0 Å². The highest BCUT2D eigenvalue weighted by Crippen LogP contribution is 2.23. The van der Waals surface area contributed by atoms with Crippen molar-refractivity contribution in [1.29, 1.82) is 0 Å². The van der Waals surface area contributed by atoms with Crippen LogP contribution in [0.25, 0.3) is 0 Å². The molecule has 0 fully saturated rings. The maximum atomic E-state index is 12.7. The first-order chi connectivity index (χ1) is 13.4. The summed E-state index contributed by atoms with van der Waals surface area (Å²) in [6.45, 7) is 6.66. The third kappa shape index (κ3) is 4.94. The van der Waals surface area contributed by atoms with Gasteiger partial charge in [0.1, 0.15) is 6.33 Å². The number of urea groups is 1. The topological polar surface area (TPSA) is 66.9 Å². The lowest BCUT2D eigenvalue weighted by Crippen LogP contribution is -2.38. The Hall–Kier alpha value is -3.21. The molecule has 28 heavy (non-hydrogen) atoms. The molecule has 0 aliphatic carbocycles. The highest BCUT2D eigenvalue weighted by Gasteiger charge is 2.21. The number of nitrogens with zero attached hydrogens (tertiary/aromatic N) is 2. The van der Waals surface area contributed by atoms with Crippen LogP contribution in [0.1, 0.15) is 49.2 Å². The number of nitrogens with one attached hydrogen (secondary N) is 2. The van der Waals surface area contributed by atoms with Crippen LogP contribution in [-0.2, 0) is 12.0 Å². The molecule has 2 amide bonds. The van der Waals surface area contributed by atoms with E-state index < -0.39 is 0 Å². The van der Waals surface area contributed by atoms with Gasteiger partial charge < -0.3 is 10.6 Å².